The van der Waals surface area contributed by atoms with Crippen LogP contribution in [0.15, 0.2) is 24.3 Å². The van der Waals surface area contributed by atoms with Gasteiger partial charge in [0, 0.05) is 18.7 Å². The normalized spacial score (nSPS) is 17.2. The number of hydrogen-bond donors (Lipinski definition) is 2. The number of amides is 2. The molecular weight excluding hydrogens is 352 g/mol. The van der Waals surface area contributed by atoms with Crippen LogP contribution in [0.1, 0.15) is 43.1 Å². The van der Waals surface area contributed by atoms with E-state index >= 15 is 0 Å². The third-order valence-electron chi connectivity index (χ3n) is 4.10. The number of carboxylic acids is 1. The number of hydrogen-bond acceptors (Lipinski definition) is 4. The zero-order valence-corrected chi connectivity index (χ0v) is 16.3. The zero-order chi connectivity index (χ0) is 19.3. The topological polar surface area (TPSA) is 86.7 Å². The smallest absolute Gasteiger partial charge is 0.335 e. The first-order valence-electron chi connectivity index (χ1n) is 8.64. The highest BCUT2D eigenvalue weighted by atomic mass is 32.2. The van der Waals surface area contributed by atoms with Crippen molar-refractivity contribution in [3.05, 3.63) is 35.4 Å². The highest BCUT2D eigenvalue weighted by molar-refractivity contribution is 7.99. The van der Waals surface area contributed by atoms with Gasteiger partial charge in [0.25, 0.3) is 0 Å². The van der Waals surface area contributed by atoms with Gasteiger partial charge in [-0.15, -0.1) is 11.8 Å². The van der Waals surface area contributed by atoms with E-state index in [0.717, 1.165) is 5.56 Å². The Morgan fingerprint density at radius 2 is 1.88 bits per heavy atom. The number of carbonyl (C=O) groups excluding carboxylic acids is 2. The van der Waals surface area contributed by atoms with Gasteiger partial charge in [-0.3, -0.25) is 9.59 Å². The van der Waals surface area contributed by atoms with Gasteiger partial charge < -0.3 is 15.3 Å². The SMILES string of the molecule is CC(C)(C)CC(=O)N1CSCC1C(=O)NCCc1ccc(C(=O)O)cc1. The minimum Gasteiger partial charge on any atom is -0.478 e. The summed E-state index contributed by atoms with van der Waals surface area (Å²) < 4.78 is 0. The van der Waals surface area contributed by atoms with Crippen molar-refractivity contribution in [2.24, 2.45) is 5.41 Å². The number of benzene rings is 1. The predicted molar refractivity (Wildman–Crippen MR) is 102 cm³/mol. The summed E-state index contributed by atoms with van der Waals surface area (Å²) in [5.41, 5.74) is 1.10. The summed E-state index contributed by atoms with van der Waals surface area (Å²) in [7, 11) is 0. The molecule has 7 heteroatoms. The van der Waals surface area contributed by atoms with Crippen molar-refractivity contribution in [3.63, 3.8) is 0 Å². The second kappa shape index (κ2) is 8.58. The largest absolute Gasteiger partial charge is 0.478 e. The molecule has 1 aliphatic heterocycles. The molecule has 1 fully saturated rings. The Morgan fingerprint density at radius 3 is 2.46 bits per heavy atom. The van der Waals surface area contributed by atoms with E-state index in [-0.39, 0.29) is 22.8 Å². The van der Waals surface area contributed by atoms with Crippen molar-refractivity contribution in [1.82, 2.24) is 10.2 Å². The van der Waals surface area contributed by atoms with E-state index in [2.05, 4.69) is 5.32 Å². The summed E-state index contributed by atoms with van der Waals surface area (Å²) in [6.07, 6.45) is 1.04. The summed E-state index contributed by atoms with van der Waals surface area (Å²) in [6, 6.07) is 6.20. The molecule has 26 heavy (non-hydrogen) atoms. The van der Waals surface area contributed by atoms with Crippen molar-refractivity contribution >= 4 is 29.5 Å². The molecule has 1 heterocycles. The fourth-order valence-electron chi connectivity index (χ4n) is 2.72. The summed E-state index contributed by atoms with van der Waals surface area (Å²) in [5.74, 6) is 0.119. The van der Waals surface area contributed by atoms with Crippen LogP contribution >= 0.6 is 11.8 Å². The van der Waals surface area contributed by atoms with Crippen LogP contribution in [0.25, 0.3) is 0 Å². The molecule has 1 atom stereocenters. The lowest BCUT2D eigenvalue weighted by Crippen LogP contribution is -2.48. The van der Waals surface area contributed by atoms with Gasteiger partial charge in [-0.05, 0) is 29.5 Å². The van der Waals surface area contributed by atoms with Crippen LogP contribution in [0.2, 0.25) is 0 Å². The monoisotopic (exact) mass is 378 g/mol. The van der Waals surface area contributed by atoms with Gasteiger partial charge in [-0.2, -0.15) is 0 Å². The standard InChI is InChI=1S/C19H26N2O4S/c1-19(2,3)10-16(22)21-12-26-11-15(21)17(23)20-9-8-13-4-6-14(7-5-13)18(24)25/h4-7,15H,8-12H2,1-3H3,(H,20,23)(H,24,25). The Bertz CT molecular complexity index is 667. The fourth-order valence-corrected chi connectivity index (χ4v) is 3.90. The van der Waals surface area contributed by atoms with Crippen LogP contribution in [0, 0.1) is 5.41 Å². The molecule has 1 aromatic rings. The van der Waals surface area contributed by atoms with Crippen molar-refractivity contribution in [2.45, 2.75) is 39.7 Å². The first kappa shape index (κ1) is 20.3. The minimum absolute atomic E-state index is 0.0203. The number of carbonyl (C=O) groups is 3. The lowest BCUT2D eigenvalue weighted by molar-refractivity contribution is -0.139. The van der Waals surface area contributed by atoms with Gasteiger partial charge in [-0.25, -0.2) is 4.79 Å². The van der Waals surface area contributed by atoms with Crippen molar-refractivity contribution in [3.8, 4) is 0 Å². The predicted octanol–water partition coefficient (Wildman–Crippen LogP) is 2.38. The van der Waals surface area contributed by atoms with E-state index < -0.39 is 12.0 Å². The van der Waals surface area contributed by atoms with Crippen LogP contribution in [0.4, 0.5) is 0 Å². The third-order valence-corrected chi connectivity index (χ3v) is 5.11. The number of rotatable bonds is 6. The van der Waals surface area contributed by atoms with E-state index in [1.807, 2.05) is 20.8 Å². The summed E-state index contributed by atoms with van der Waals surface area (Å²) in [4.78, 5) is 37.4. The average Bonchev–Trinajstić information content (AvgIpc) is 3.03. The molecule has 6 nitrogen and oxygen atoms in total. The molecule has 0 bridgehead atoms. The molecule has 2 N–H and O–H groups in total. The molecule has 2 amide bonds. The van der Waals surface area contributed by atoms with Crippen molar-refractivity contribution < 1.29 is 19.5 Å². The summed E-state index contributed by atoms with van der Waals surface area (Å²) >= 11 is 1.60. The Balaban J connectivity index is 1.84. The van der Waals surface area contributed by atoms with Crippen LogP contribution < -0.4 is 5.32 Å². The third kappa shape index (κ3) is 5.76. The zero-order valence-electron chi connectivity index (χ0n) is 15.4. The summed E-state index contributed by atoms with van der Waals surface area (Å²) in [5, 5.41) is 11.8. The maximum atomic E-state index is 12.5. The van der Waals surface area contributed by atoms with Crippen molar-refractivity contribution in [1.29, 1.82) is 0 Å². The molecular formula is C19H26N2O4S. The van der Waals surface area contributed by atoms with E-state index in [1.54, 1.807) is 40.9 Å². The molecule has 1 aromatic carbocycles. The Kier molecular flexibility index (Phi) is 6.69. The highest BCUT2D eigenvalue weighted by Gasteiger charge is 2.35. The van der Waals surface area contributed by atoms with E-state index in [4.69, 9.17) is 5.11 Å². The Labute approximate surface area is 158 Å². The number of aromatic carboxylic acids is 1. The van der Waals surface area contributed by atoms with E-state index in [9.17, 15) is 14.4 Å². The van der Waals surface area contributed by atoms with Gasteiger partial charge in [0.15, 0.2) is 0 Å². The summed E-state index contributed by atoms with van der Waals surface area (Å²) in [6.45, 7) is 6.49. The van der Waals surface area contributed by atoms with E-state index in [0.29, 0.717) is 31.0 Å². The molecule has 0 radical (unpaired) electrons. The maximum Gasteiger partial charge on any atom is 0.335 e. The second-order valence-electron chi connectivity index (χ2n) is 7.66. The molecule has 0 aromatic heterocycles. The number of nitrogens with one attached hydrogen (secondary N) is 1. The van der Waals surface area contributed by atoms with Crippen molar-refractivity contribution in [2.75, 3.05) is 18.2 Å². The molecule has 0 spiro atoms. The highest BCUT2D eigenvalue weighted by Crippen LogP contribution is 2.26. The Hall–Kier alpha value is -2.02. The second-order valence-corrected chi connectivity index (χ2v) is 8.66. The lowest BCUT2D eigenvalue weighted by Gasteiger charge is -2.26. The maximum absolute atomic E-state index is 12.5. The first-order chi connectivity index (χ1) is 12.2. The molecule has 0 saturated carbocycles. The van der Waals surface area contributed by atoms with Crippen LogP contribution in [0.3, 0.4) is 0 Å². The van der Waals surface area contributed by atoms with E-state index in [1.165, 1.54) is 0 Å². The Morgan fingerprint density at radius 1 is 1.23 bits per heavy atom. The molecule has 1 aliphatic rings. The van der Waals surface area contributed by atoms with Crippen LogP contribution in [-0.2, 0) is 16.0 Å². The number of thioether (sulfide) groups is 1. The van der Waals surface area contributed by atoms with Gasteiger partial charge in [0.05, 0.1) is 11.4 Å². The first-order valence-corrected chi connectivity index (χ1v) is 9.80. The lowest BCUT2D eigenvalue weighted by atomic mass is 9.91. The van der Waals surface area contributed by atoms with Gasteiger partial charge >= 0.3 is 5.97 Å². The fraction of sp³-hybridized carbons (Fsp3) is 0.526. The molecule has 0 aliphatic carbocycles. The van der Waals surface area contributed by atoms with Crippen LogP contribution in [0.5, 0.6) is 0 Å². The molecule has 2 rings (SSSR count). The molecule has 1 unspecified atom stereocenters. The van der Waals surface area contributed by atoms with Crippen LogP contribution in [-0.4, -0.2) is 52.0 Å². The quantitative estimate of drug-likeness (QED) is 0.794. The van der Waals surface area contributed by atoms with Gasteiger partial charge in [-0.1, -0.05) is 32.9 Å². The molecule has 1 saturated heterocycles. The number of carboxylic acid groups (broad SMARTS) is 1. The average molecular weight is 378 g/mol. The van der Waals surface area contributed by atoms with Gasteiger partial charge in [0.1, 0.15) is 6.04 Å². The van der Waals surface area contributed by atoms with Gasteiger partial charge in [0.2, 0.25) is 11.8 Å². The number of nitrogens with zero attached hydrogens (tertiary/aromatic N) is 1. The molecule has 142 valence electrons. The minimum atomic E-state index is -0.955.